The predicted molar refractivity (Wildman–Crippen MR) is 109 cm³/mol. The van der Waals surface area contributed by atoms with Crippen molar-refractivity contribution >= 4 is 28.6 Å². The lowest BCUT2D eigenvalue weighted by atomic mass is 10.1. The number of carbonyl (C=O) groups is 1. The minimum Gasteiger partial charge on any atom is -0.354 e. The van der Waals surface area contributed by atoms with E-state index in [9.17, 15) is 4.79 Å². The number of hydrogen-bond donors (Lipinski definition) is 1. The third-order valence-corrected chi connectivity index (χ3v) is 4.94. The van der Waals surface area contributed by atoms with Crippen LogP contribution in [0.1, 0.15) is 30.4 Å². The van der Waals surface area contributed by atoms with Gasteiger partial charge in [-0.05, 0) is 49.1 Å². The Morgan fingerprint density at radius 2 is 1.71 bits per heavy atom. The fourth-order valence-electron chi connectivity index (χ4n) is 3.42. The number of amides is 1. The summed E-state index contributed by atoms with van der Waals surface area (Å²) < 4.78 is 0. The fourth-order valence-corrected chi connectivity index (χ4v) is 3.42. The van der Waals surface area contributed by atoms with Crippen LogP contribution in [0.2, 0.25) is 0 Å². The average Bonchev–Trinajstić information content (AvgIpc) is 3.27. The van der Waals surface area contributed by atoms with Crippen molar-refractivity contribution in [3.8, 4) is 6.07 Å². The predicted octanol–water partition coefficient (Wildman–Crippen LogP) is 3.67. The molecule has 0 atom stereocenters. The van der Waals surface area contributed by atoms with Crippen LogP contribution in [0.5, 0.6) is 0 Å². The zero-order valence-electron chi connectivity index (χ0n) is 15.6. The van der Waals surface area contributed by atoms with E-state index in [0.29, 0.717) is 24.2 Å². The van der Waals surface area contributed by atoms with Gasteiger partial charge in [0, 0.05) is 19.5 Å². The van der Waals surface area contributed by atoms with E-state index in [1.54, 1.807) is 12.1 Å². The first-order valence-corrected chi connectivity index (χ1v) is 9.53. The molecule has 3 aromatic rings. The maximum absolute atomic E-state index is 12.6. The van der Waals surface area contributed by atoms with Gasteiger partial charge >= 0.3 is 0 Å². The van der Waals surface area contributed by atoms with E-state index in [4.69, 9.17) is 10.2 Å². The fraction of sp³-hybridized carbons (Fsp3) is 0.273. The van der Waals surface area contributed by atoms with E-state index in [0.717, 1.165) is 48.3 Å². The highest BCUT2D eigenvalue weighted by molar-refractivity contribution is 5.94. The molecule has 1 aromatic heterocycles. The molecule has 1 aliphatic heterocycles. The average molecular weight is 371 g/mol. The molecule has 0 radical (unpaired) electrons. The van der Waals surface area contributed by atoms with Crippen molar-refractivity contribution in [1.82, 2.24) is 9.97 Å². The van der Waals surface area contributed by atoms with Crippen LogP contribution < -0.4 is 10.2 Å². The molecule has 0 saturated carbocycles. The zero-order valence-corrected chi connectivity index (χ0v) is 15.6. The number of anilines is 2. The topological polar surface area (TPSA) is 81.9 Å². The Hall–Kier alpha value is -3.46. The molecule has 0 aliphatic carbocycles. The third-order valence-electron chi connectivity index (χ3n) is 4.94. The summed E-state index contributed by atoms with van der Waals surface area (Å²) >= 11 is 0. The number of aromatic nitrogens is 2. The van der Waals surface area contributed by atoms with Crippen molar-refractivity contribution in [2.45, 2.75) is 25.7 Å². The van der Waals surface area contributed by atoms with Gasteiger partial charge in [0.2, 0.25) is 5.91 Å². The summed E-state index contributed by atoms with van der Waals surface area (Å²) in [5, 5.41) is 11.8. The van der Waals surface area contributed by atoms with Crippen LogP contribution in [0, 0.1) is 11.3 Å². The van der Waals surface area contributed by atoms with E-state index in [-0.39, 0.29) is 5.91 Å². The van der Waals surface area contributed by atoms with Crippen LogP contribution in [0.4, 0.5) is 11.6 Å². The van der Waals surface area contributed by atoms with Crippen molar-refractivity contribution in [2.24, 2.45) is 0 Å². The lowest BCUT2D eigenvalue weighted by molar-refractivity contribution is -0.116. The van der Waals surface area contributed by atoms with Gasteiger partial charge in [0.25, 0.3) is 0 Å². The number of rotatable bonds is 5. The van der Waals surface area contributed by atoms with Crippen LogP contribution in [-0.2, 0) is 11.2 Å². The standard InChI is InChI=1S/C22H21N5O/c23-15-17-9-7-16(8-10-17)11-12-20(28)26-21-22(27-13-3-4-14-27)25-19-6-2-1-5-18(19)24-21/h1-2,5-10H,3-4,11-14H2,(H,24,26,28). The normalized spacial score (nSPS) is 13.5. The molecule has 28 heavy (non-hydrogen) atoms. The number of nitriles is 1. The van der Waals surface area contributed by atoms with Crippen LogP contribution >= 0.6 is 0 Å². The van der Waals surface area contributed by atoms with Gasteiger partial charge in [0.1, 0.15) is 0 Å². The Kier molecular flexibility index (Phi) is 5.16. The summed E-state index contributed by atoms with van der Waals surface area (Å²) in [4.78, 5) is 24.2. The molecule has 1 saturated heterocycles. The summed E-state index contributed by atoms with van der Waals surface area (Å²) in [5.41, 5.74) is 3.25. The molecule has 140 valence electrons. The summed E-state index contributed by atoms with van der Waals surface area (Å²) in [6, 6.07) is 17.1. The Morgan fingerprint density at radius 1 is 1.04 bits per heavy atom. The lowest BCUT2D eigenvalue weighted by Crippen LogP contribution is -2.23. The number of fused-ring (bicyclic) bond motifs is 1. The monoisotopic (exact) mass is 371 g/mol. The molecule has 2 heterocycles. The van der Waals surface area contributed by atoms with Crippen LogP contribution in [0.3, 0.4) is 0 Å². The van der Waals surface area contributed by atoms with Gasteiger partial charge < -0.3 is 10.2 Å². The number of carbonyl (C=O) groups excluding carboxylic acids is 1. The number of benzene rings is 2. The number of nitrogens with zero attached hydrogens (tertiary/aromatic N) is 4. The van der Waals surface area contributed by atoms with Gasteiger partial charge in [-0.1, -0.05) is 24.3 Å². The first kappa shape index (κ1) is 17.9. The summed E-state index contributed by atoms with van der Waals surface area (Å²) in [7, 11) is 0. The van der Waals surface area contributed by atoms with Crippen molar-refractivity contribution in [2.75, 3.05) is 23.3 Å². The van der Waals surface area contributed by atoms with Crippen molar-refractivity contribution in [3.05, 3.63) is 59.7 Å². The van der Waals surface area contributed by atoms with E-state index in [1.165, 1.54) is 0 Å². The van der Waals surface area contributed by atoms with Crippen LogP contribution in [0.15, 0.2) is 48.5 Å². The largest absolute Gasteiger partial charge is 0.354 e. The molecular weight excluding hydrogens is 350 g/mol. The quantitative estimate of drug-likeness (QED) is 0.740. The third kappa shape index (κ3) is 3.94. The summed E-state index contributed by atoms with van der Waals surface area (Å²) in [6.07, 6.45) is 3.21. The minimum atomic E-state index is -0.0885. The molecule has 1 N–H and O–H groups in total. The van der Waals surface area contributed by atoms with Crippen LogP contribution in [0.25, 0.3) is 11.0 Å². The number of hydrogen-bond acceptors (Lipinski definition) is 5. The van der Waals surface area contributed by atoms with Gasteiger partial charge in [-0.25, -0.2) is 9.97 Å². The van der Waals surface area contributed by atoms with Gasteiger partial charge in [0.15, 0.2) is 11.6 Å². The second-order valence-electron chi connectivity index (χ2n) is 6.94. The van der Waals surface area contributed by atoms with Crippen molar-refractivity contribution in [1.29, 1.82) is 5.26 Å². The summed E-state index contributed by atoms with van der Waals surface area (Å²) in [6.45, 7) is 1.86. The first-order valence-electron chi connectivity index (χ1n) is 9.53. The van der Waals surface area contributed by atoms with Crippen molar-refractivity contribution in [3.63, 3.8) is 0 Å². The molecule has 0 unspecified atom stereocenters. The maximum atomic E-state index is 12.6. The molecule has 0 spiro atoms. The lowest BCUT2D eigenvalue weighted by Gasteiger charge is -2.20. The van der Waals surface area contributed by atoms with E-state index in [1.807, 2.05) is 36.4 Å². The zero-order chi connectivity index (χ0) is 19.3. The van der Waals surface area contributed by atoms with Gasteiger partial charge in [-0.15, -0.1) is 0 Å². The Morgan fingerprint density at radius 3 is 2.39 bits per heavy atom. The maximum Gasteiger partial charge on any atom is 0.225 e. The molecule has 6 heteroatoms. The molecule has 4 rings (SSSR count). The Balaban J connectivity index is 1.51. The van der Waals surface area contributed by atoms with E-state index in [2.05, 4.69) is 21.3 Å². The molecule has 2 aromatic carbocycles. The van der Waals surface area contributed by atoms with Crippen LogP contribution in [-0.4, -0.2) is 29.0 Å². The summed E-state index contributed by atoms with van der Waals surface area (Å²) in [5.74, 6) is 1.20. The molecule has 1 aliphatic rings. The first-order chi connectivity index (χ1) is 13.7. The van der Waals surface area contributed by atoms with Crippen molar-refractivity contribution < 1.29 is 4.79 Å². The van der Waals surface area contributed by atoms with Gasteiger partial charge in [0.05, 0.1) is 22.7 Å². The second kappa shape index (κ2) is 8.05. The van der Waals surface area contributed by atoms with E-state index < -0.39 is 0 Å². The van der Waals surface area contributed by atoms with Gasteiger partial charge in [-0.3, -0.25) is 4.79 Å². The molecule has 1 amide bonds. The number of aryl methyl sites for hydroxylation is 1. The second-order valence-corrected chi connectivity index (χ2v) is 6.94. The Bertz CT molecular complexity index is 1030. The highest BCUT2D eigenvalue weighted by atomic mass is 16.1. The van der Waals surface area contributed by atoms with E-state index >= 15 is 0 Å². The smallest absolute Gasteiger partial charge is 0.225 e. The SMILES string of the molecule is N#Cc1ccc(CCC(=O)Nc2nc3ccccc3nc2N2CCCC2)cc1. The minimum absolute atomic E-state index is 0.0885. The highest BCUT2D eigenvalue weighted by Crippen LogP contribution is 2.28. The molecule has 1 fully saturated rings. The number of para-hydroxylation sites is 2. The Labute approximate surface area is 163 Å². The highest BCUT2D eigenvalue weighted by Gasteiger charge is 2.20. The van der Waals surface area contributed by atoms with Gasteiger partial charge in [-0.2, -0.15) is 5.26 Å². The molecule has 6 nitrogen and oxygen atoms in total. The molecular formula is C22H21N5O. The molecule has 0 bridgehead atoms. The number of nitrogens with one attached hydrogen (secondary N) is 1.